The lowest BCUT2D eigenvalue weighted by molar-refractivity contribution is 0.587. The largest absolute Gasteiger partial charge is 0.257 e. The molecular weight excluding hydrogens is 461 g/mol. The standard InChI is InChI=1S/C9H11ClN4O2S.C9H10ClN3.CH4/c1-2-3-6-9(17(11,15)16)14-8(12-6)5-4-7(10)13-14;1-2-3-7-6-13-9(11-7)5-4-8(10)12-13;/h4-5H,2-3H2,1H3,(H2,11,15,16);4-6H,2-3H2,1H3;1H4. The zero-order valence-electron chi connectivity index (χ0n) is 16.5. The van der Waals surface area contributed by atoms with Gasteiger partial charge >= 0.3 is 0 Å². The molecule has 0 unspecified atom stereocenters. The first-order valence-electron chi connectivity index (χ1n) is 9.30. The van der Waals surface area contributed by atoms with Crippen LogP contribution in [0.15, 0.2) is 35.5 Å². The third kappa shape index (κ3) is 5.91. The van der Waals surface area contributed by atoms with Gasteiger partial charge in [0.1, 0.15) is 10.3 Å². The Morgan fingerprint density at radius 2 is 1.55 bits per heavy atom. The summed E-state index contributed by atoms with van der Waals surface area (Å²) >= 11 is 11.5. The van der Waals surface area contributed by atoms with Crippen molar-refractivity contribution >= 4 is 44.5 Å². The highest BCUT2D eigenvalue weighted by Gasteiger charge is 2.22. The Kier molecular flexibility index (Phi) is 8.35. The van der Waals surface area contributed by atoms with Crippen molar-refractivity contribution in [2.24, 2.45) is 5.14 Å². The van der Waals surface area contributed by atoms with Crippen molar-refractivity contribution in [3.05, 3.63) is 52.2 Å². The first-order chi connectivity index (χ1) is 14.2. The number of imidazole rings is 2. The minimum Gasteiger partial charge on any atom is -0.232 e. The van der Waals surface area contributed by atoms with E-state index in [1.807, 2.05) is 19.2 Å². The fourth-order valence-corrected chi connectivity index (χ4v) is 4.04. The molecular formula is C19H25Cl2N7O2S. The molecule has 0 aromatic carbocycles. The molecule has 4 heterocycles. The summed E-state index contributed by atoms with van der Waals surface area (Å²) in [4.78, 5) is 8.58. The molecule has 0 saturated heterocycles. The van der Waals surface area contributed by atoms with E-state index in [4.69, 9.17) is 28.3 Å². The van der Waals surface area contributed by atoms with Crippen molar-refractivity contribution in [1.29, 1.82) is 0 Å². The quantitative estimate of drug-likeness (QED) is 0.456. The average Bonchev–Trinajstić information content (AvgIpc) is 3.22. The Morgan fingerprint density at radius 1 is 0.935 bits per heavy atom. The minimum absolute atomic E-state index is 0. The maximum atomic E-state index is 11.5. The number of nitrogens with zero attached hydrogens (tertiary/aromatic N) is 6. The van der Waals surface area contributed by atoms with Crippen LogP contribution in [0.25, 0.3) is 11.3 Å². The van der Waals surface area contributed by atoms with Crippen LogP contribution in [0, 0.1) is 0 Å². The Morgan fingerprint density at radius 3 is 2.16 bits per heavy atom. The van der Waals surface area contributed by atoms with E-state index < -0.39 is 10.0 Å². The zero-order chi connectivity index (χ0) is 21.9. The van der Waals surface area contributed by atoms with Gasteiger partial charge in [0, 0.05) is 0 Å². The van der Waals surface area contributed by atoms with Gasteiger partial charge in [0.2, 0.25) is 0 Å². The Labute approximate surface area is 191 Å². The monoisotopic (exact) mass is 485 g/mol. The zero-order valence-corrected chi connectivity index (χ0v) is 18.8. The summed E-state index contributed by atoms with van der Waals surface area (Å²) in [7, 11) is -3.88. The van der Waals surface area contributed by atoms with E-state index in [2.05, 4.69) is 27.1 Å². The Bertz CT molecular complexity index is 1290. The van der Waals surface area contributed by atoms with Crippen molar-refractivity contribution in [3.63, 3.8) is 0 Å². The summed E-state index contributed by atoms with van der Waals surface area (Å²) < 4.78 is 26.0. The van der Waals surface area contributed by atoms with Gasteiger partial charge in [-0.1, -0.05) is 57.3 Å². The van der Waals surface area contributed by atoms with Crippen LogP contribution in [-0.4, -0.2) is 37.6 Å². The number of halogens is 2. The SMILES string of the molecule is C.CCCc1cn2nc(Cl)ccc2n1.CCCc1nc2ccc(Cl)nn2c1S(N)(=O)=O. The molecule has 0 amide bonds. The van der Waals surface area contributed by atoms with Crippen LogP contribution in [0.2, 0.25) is 10.3 Å². The van der Waals surface area contributed by atoms with Crippen molar-refractivity contribution < 1.29 is 8.42 Å². The van der Waals surface area contributed by atoms with E-state index in [-0.39, 0.29) is 17.6 Å². The molecule has 0 aliphatic heterocycles. The highest BCUT2D eigenvalue weighted by molar-refractivity contribution is 7.89. The summed E-state index contributed by atoms with van der Waals surface area (Å²) in [6.45, 7) is 4.06. The number of nitrogens with two attached hydrogens (primary N) is 1. The highest BCUT2D eigenvalue weighted by atomic mass is 35.5. The van der Waals surface area contributed by atoms with Crippen molar-refractivity contribution in [1.82, 2.24) is 29.2 Å². The molecule has 0 saturated carbocycles. The second-order valence-electron chi connectivity index (χ2n) is 6.53. The predicted octanol–water partition coefficient (Wildman–Crippen LogP) is 3.95. The molecule has 0 bridgehead atoms. The number of sulfonamides is 1. The molecule has 4 aromatic rings. The summed E-state index contributed by atoms with van der Waals surface area (Å²) in [5, 5.41) is 13.8. The van der Waals surface area contributed by atoms with Crippen molar-refractivity contribution in [2.75, 3.05) is 0 Å². The molecule has 0 atom stereocenters. The topological polar surface area (TPSA) is 121 Å². The normalized spacial score (nSPS) is 11.3. The molecule has 0 spiro atoms. The van der Waals surface area contributed by atoms with E-state index in [0.717, 1.165) is 30.6 Å². The summed E-state index contributed by atoms with van der Waals surface area (Å²) in [5.74, 6) is 0. The fourth-order valence-electron chi connectivity index (χ4n) is 2.91. The number of primary sulfonamides is 1. The Hall–Kier alpha value is -2.27. The molecule has 168 valence electrons. The van der Waals surface area contributed by atoms with Gasteiger partial charge in [0.25, 0.3) is 10.0 Å². The van der Waals surface area contributed by atoms with Crippen LogP contribution in [0.1, 0.15) is 45.5 Å². The summed E-state index contributed by atoms with van der Waals surface area (Å²) in [5.41, 5.74) is 2.76. The summed E-state index contributed by atoms with van der Waals surface area (Å²) in [6.07, 6.45) is 5.29. The van der Waals surface area contributed by atoms with E-state index >= 15 is 0 Å². The van der Waals surface area contributed by atoms with Crippen molar-refractivity contribution in [2.45, 2.75) is 52.0 Å². The van der Waals surface area contributed by atoms with Gasteiger partial charge in [-0.15, -0.1) is 0 Å². The highest BCUT2D eigenvalue weighted by Crippen LogP contribution is 2.18. The van der Waals surface area contributed by atoms with Gasteiger partial charge in [-0.05, 0) is 37.1 Å². The summed E-state index contributed by atoms with van der Waals surface area (Å²) in [6, 6.07) is 6.77. The van der Waals surface area contributed by atoms with E-state index in [1.165, 1.54) is 4.52 Å². The first kappa shape index (κ1) is 25.0. The molecule has 4 rings (SSSR count). The molecule has 4 aromatic heterocycles. The third-order valence-corrected chi connectivity index (χ3v) is 5.42. The molecule has 0 fully saturated rings. The lowest BCUT2D eigenvalue weighted by Crippen LogP contribution is -2.17. The third-order valence-electron chi connectivity index (χ3n) is 4.07. The van der Waals surface area contributed by atoms with Gasteiger partial charge < -0.3 is 0 Å². The molecule has 9 nitrogen and oxygen atoms in total. The molecule has 12 heteroatoms. The average molecular weight is 486 g/mol. The number of hydrogen-bond acceptors (Lipinski definition) is 6. The maximum absolute atomic E-state index is 11.5. The second kappa shape index (κ2) is 10.4. The Balaban J connectivity index is 0.000000220. The molecule has 0 radical (unpaired) electrons. The van der Waals surface area contributed by atoms with E-state index in [1.54, 1.807) is 22.7 Å². The molecule has 31 heavy (non-hydrogen) atoms. The number of hydrogen-bond donors (Lipinski definition) is 1. The maximum Gasteiger partial charge on any atom is 0.257 e. The lowest BCUT2D eigenvalue weighted by Gasteiger charge is -2.00. The molecule has 2 N–H and O–H groups in total. The van der Waals surface area contributed by atoms with Crippen LogP contribution in [0.4, 0.5) is 0 Å². The van der Waals surface area contributed by atoms with Crippen LogP contribution in [-0.2, 0) is 22.9 Å². The van der Waals surface area contributed by atoms with Crippen LogP contribution in [0.3, 0.4) is 0 Å². The second-order valence-corrected chi connectivity index (χ2v) is 8.78. The number of fused-ring (bicyclic) bond motifs is 2. The van der Waals surface area contributed by atoms with Gasteiger partial charge in [0.15, 0.2) is 16.3 Å². The number of aryl methyl sites for hydroxylation is 2. The van der Waals surface area contributed by atoms with Gasteiger partial charge in [-0.3, -0.25) is 0 Å². The smallest absolute Gasteiger partial charge is 0.232 e. The number of aromatic nitrogens is 6. The lowest BCUT2D eigenvalue weighted by atomic mass is 10.3. The van der Waals surface area contributed by atoms with E-state index in [9.17, 15) is 8.42 Å². The minimum atomic E-state index is -3.88. The van der Waals surface area contributed by atoms with Gasteiger partial charge in [0.05, 0.1) is 17.6 Å². The van der Waals surface area contributed by atoms with Crippen LogP contribution >= 0.6 is 23.2 Å². The molecule has 0 aliphatic rings. The first-order valence-corrected chi connectivity index (χ1v) is 11.6. The van der Waals surface area contributed by atoms with Crippen LogP contribution in [0.5, 0.6) is 0 Å². The molecule has 0 aliphatic carbocycles. The van der Waals surface area contributed by atoms with Gasteiger partial charge in [-0.25, -0.2) is 28.0 Å². The van der Waals surface area contributed by atoms with E-state index in [0.29, 0.717) is 22.9 Å². The predicted molar refractivity (Wildman–Crippen MR) is 122 cm³/mol. The van der Waals surface area contributed by atoms with Crippen molar-refractivity contribution in [3.8, 4) is 0 Å². The fraction of sp³-hybridized carbons (Fsp3) is 0.368. The number of rotatable bonds is 5. The van der Waals surface area contributed by atoms with Gasteiger partial charge in [-0.2, -0.15) is 14.7 Å². The van der Waals surface area contributed by atoms with Crippen LogP contribution < -0.4 is 5.14 Å².